The summed E-state index contributed by atoms with van der Waals surface area (Å²) in [6.45, 7) is 1.95. The van der Waals surface area contributed by atoms with Crippen molar-refractivity contribution in [2.45, 2.75) is 6.92 Å². The van der Waals surface area contributed by atoms with Crippen molar-refractivity contribution in [1.29, 1.82) is 0 Å². The summed E-state index contributed by atoms with van der Waals surface area (Å²) in [4.78, 5) is 25.6. The van der Waals surface area contributed by atoms with Crippen molar-refractivity contribution in [3.05, 3.63) is 117 Å². The quantitative estimate of drug-likeness (QED) is 0.245. The Morgan fingerprint density at radius 3 is 1.62 bits per heavy atom. The number of para-hydroxylation sites is 1. The highest BCUT2D eigenvalue weighted by Crippen LogP contribution is 2.31. The maximum absolute atomic E-state index is 12.8. The maximum atomic E-state index is 12.8. The molecule has 0 saturated carbocycles. The fraction of sp³-hybridized carbons (Fsp3) is 0.0370. The van der Waals surface area contributed by atoms with Gasteiger partial charge in [0, 0.05) is 43.6 Å². The summed E-state index contributed by atoms with van der Waals surface area (Å²) in [7, 11) is 0. The number of nitrogens with one attached hydrogen (secondary N) is 2. The molecule has 0 aliphatic rings. The number of amides is 2. The molecule has 2 amide bonds. The minimum Gasteiger partial charge on any atom is -0.457 e. The Morgan fingerprint density at radius 1 is 0.676 bits per heavy atom. The van der Waals surface area contributed by atoms with Crippen molar-refractivity contribution in [3.8, 4) is 11.5 Å². The molecule has 34 heavy (non-hydrogen) atoms. The van der Waals surface area contributed by atoms with Gasteiger partial charge in [-0.1, -0.05) is 50.1 Å². The second kappa shape index (κ2) is 10.7. The van der Waals surface area contributed by atoms with Gasteiger partial charge in [-0.2, -0.15) is 0 Å². The second-order valence-corrected chi connectivity index (χ2v) is 9.37. The lowest BCUT2D eigenvalue weighted by Gasteiger charge is -2.14. The van der Waals surface area contributed by atoms with Gasteiger partial charge in [-0.05, 0) is 73.2 Å². The smallest absolute Gasteiger partial charge is 0.255 e. The van der Waals surface area contributed by atoms with Gasteiger partial charge >= 0.3 is 0 Å². The second-order valence-electron chi connectivity index (χ2n) is 7.54. The largest absolute Gasteiger partial charge is 0.457 e. The van der Waals surface area contributed by atoms with Crippen LogP contribution in [0.5, 0.6) is 11.5 Å². The molecule has 4 aromatic rings. The van der Waals surface area contributed by atoms with Crippen molar-refractivity contribution in [2.24, 2.45) is 0 Å². The number of ether oxygens (including phenoxy) is 1. The minimum absolute atomic E-state index is 0.272. The molecule has 0 heterocycles. The van der Waals surface area contributed by atoms with Crippen LogP contribution in [0.1, 0.15) is 26.3 Å². The molecule has 0 bridgehead atoms. The zero-order valence-corrected chi connectivity index (χ0v) is 21.3. The van der Waals surface area contributed by atoms with E-state index in [1.54, 1.807) is 66.7 Å². The molecule has 0 aliphatic heterocycles. The Hall–Kier alpha value is -3.42. The minimum atomic E-state index is -0.272. The molecule has 7 heteroatoms. The number of carbonyl (C=O) groups excluding carboxylic acids is 2. The molecule has 0 fully saturated rings. The lowest BCUT2D eigenvalue weighted by atomic mass is 10.2. The number of aryl methyl sites for hydroxylation is 1. The van der Waals surface area contributed by atoms with Crippen molar-refractivity contribution >= 4 is 55.0 Å². The van der Waals surface area contributed by atoms with Crippen molar-refractivity contribution < 1.29 is 14.3 Å². The molecule has 0 aromatic heterocycles. The summed E-state index contributed by atoms with van der Waals surface area (Å²) in [6.07, 6.45) is 0. The predicted molar refractivity (Wildman–Crippen MR) is 142 cm³/mol. The van der Waals surface area contributed by atoms with Gasteiger partial charge in [-0.3, -0.25) is 9.59 Å². The van der Waals surface area contributed by atoms with E-state index in [2.05, 4.69) is 42.5 Å². The fourth-order valence-corrected chi connectivity index (χ4v) is 3.74. The fourth-order valence-electron chi connectivity index (χ4n) is 3.21. The van der Waals surface area contributed by atoms with Gasteiger partial charge in [0.2, 0.25) is 0 Å². The third-order valence-electron chi connectivity index (χ3n) is 4.96. The number of anilines is 2. The van der Waals surface area contributed by atoms with E-state index < -0.39 is 0 Å². The first kappa shape index (κ1) is 23.7. The van der Waals surface area contributed by atoms with Gasteiger partial charge in [0.15, 0.2) is 0 Å². The molecule has 0 unspecified atom stereocenters. The van der Waals surface area contributed by atoms with E-state index in [4.69, 9.17) is 4.74 Å². The Kier molecular flexibility index (Phi) is 7.45. The molecule has 5 nitrogen and oxygen atoms in total. The maximum Gasteiger partial charge on any atom is 0.255 e. The van der Waals surface area contributed by atoms with Crippen LogP contribution in [0, 0.1) is 6.92 Å². The molecular formula is C27H20Br2N2O3. The average molecular weight is 580 g/mol. The number of rotatable bonds is 6. The van der Waals surface area contributed by atoms with Crippen LogP contribution in [0.3, 0.4) is 0 Å². The third-order valence-corrected chi connectivity index (χ3v) is 6.01. The predicted octanol–water partition coefficient (Wildman–Crippen LogP) is 7.82. The van der Waals surface area contributed by atoms with Crippen LogP contribution in [0.25, 0.3) is 0 Å². The SMILES string of the molecule is Cc1ccccc1Oc1cc(NC(=O)c2ccc(Br)cc2)cc(NC(=O)c2ccc(Br)cc2)c1. The first-order valence-electron chi connectivity index (χ1n) is 10.4. The highest BCUT2D eigenvalue weighted by atomic mass is 79.9. The summed E-state index contributed by atoms with van der Waals surface area (Å²) in [5, 5.41) is 5.78. The average Bonchev–Trinajstić information content (AvgIpc) is 2.81. The van der Waals surface area contributed by atoms with Crippen LogP contribution in [-0.2, 0) is 0 Å². The lowest BCUT2D eigenvalue weighted by molar-refractivity contribution is 0.101. The lowest BCUT2D eigenvalue weighted by Crippen LogP contribution is -2.14. The monoisotopic (exact) mass is 578 g/mol. The van der Waals surface area contributed by atoms with Gasteiger partial charge in [-0.15, -0.1) is 0 Å². The highest BCUT2D eigenvalue weighted by Gasteiger charge is 2.12. The molecule has 0 radical (unpaired) electrons. The van der Waals surface area contributed by atoms with Crippen molar-refractivity contribution in [3.63, 3.8) is 0 Å². The van der Waals surface area contributed by atoms with Crippen LogP contribution in [0.4, 0.5) is 11.4 Å². The molecule has 4 rings (SSSR count). The summed E-state index contributed by atoms with van der Waals surface area (Å²) in [5.41, 5.74) is 2.96. The van der Waals surface area contributed by atoms with Crippen LogP contribution in [-0.4, -0.2) is 11.8 Å². The summed E-state index contributed by atoms with van der Waals surface area (Å²) in [5.74, 6) is 0.620. The van der Waals surface area contributed by atoms with Gasteiger partial charge in [0.1, 0.15) is 11.5 Å². The Labute approximate surface area is 214 Å². The number of hydrogen-bond acceptors (Lipinski definition) is 3. The summed E-state index contributed by atoms with van der Waals surface area (Å²) < 4.78 is 7.85. The molecule has 0 atom stereocenters. The van der Waals surface area contributed by atoms with Gasteiger partial charge < -0.3 is 15.4 Å². The van der Waals surface area contributed by atoms with Crippen LogP contribution >= 0.6 is 31.9 Å². The zero-order chi connectivity index (χ0) is 24.1. The van der Waals surface area contributed by atoms with E-state index in [0.29, 0.717) is 34.0 Å². The van der Waals surface area contributed by atoms with Crippen LogP contribution in [0.15, 0.2) is 99.9 Å². The third kappa shape index (κ3) is 6.12. The van der Waals surface area contributed by atoms with Crippen LogP contribution < -0.4 is 15.4 Å². The summed E-state index contributed by atoms with van der Waals surface area (Å²) >= 11 is 6.75. The normalized spacial score (nSPS) is 10.4. The standard InChI is InChI=1S/C27H20Br2N2O3/c1-17-4-2-3-5-25(17)34-24-15-22(30-26(32)18-6-10-20(28)11-7-18)14-23(16-24)31-27(33)19-8-12-21(29)13-9-19/h2-16H,1H3,(H,30,32)(H,31,33). The molecule has 2 N–H and O–H groups in total. The Balaban J connectivity index is 1.63. The Bertz CT molecular complexity index is 1260. The molecule has 0 saturated heterocycles. The van der Waals surface area contributed by atoms with Gasteiger partial charge in [0.05, 0.1) is 0 Å². The van der Waals surface area contributed by atoms with E-state index in [1.165, 1.54) is 0 Å². The van der Waals surface area contributed by atoms with Gasteiger partial charge in [-0.25, -0.2) is 0 Å². The number of halogens is 2. The molecule has 0 spiro atoms. The van der Waals surface area contributed by atoms with Crippen LogP contribution in [0.2, 0.25) is 0 Å². The van der Waals surface area contributed by atoms with E-state index in [1.807, 2.05) is 31.2 Å². The zero-order valence-electron chi connectivity index (χ0n) is 18.1. The Morgan fingerprint density at radius 2 is 1.15 bits per heavy atom. The van der Waals surface area contributed by atoms with E-state index in [9.17, 15) is 9.59 Å². The molecule has 4 aromatic carbocycles. The highest BCUT2D eigenvalue weighted by molar-refractivity contribution is 9.10. The van der Waals surface area contributed by atoms with Gasteiger partial charge in [0.25, 0.3) is 11.8 Å². The molecule has 170 valence electrons. The summed E-state index contributed by atoms with van der Waals surface area (Å²) in [6, 6.07) is 26.9. The number of hydrogen-bond donors (Lipinski definition) is 2. The molecular weight excluding hydrogens is 560 g/mol. The van der Waals surface area contributed by atoms with E-state index in [-0.39, 0.29) is 11.8 Å². The number of carbonyl (C=O) groups is 2. The van der Waals surface area contributed by atoms with Crippen molar-refractivity contribution in [1.82, 2.24) is 0 Å². The first-order chi connectivity index (χ1) is 16.4. The van der Waals surface area contributed by atoms with E-state index in [0.717, 1.165) is 14.5 Å². The first-order valence-corrected chi connectivity index (χ1v) is 12.0. The number of benzene rings is 4. The van der Waals surface area contributed by atoms with E-state index >= 15 is 0 Å². The topological polar surface area (TPSA) is 67.4 Å². The molecule has 0 aliphatic carbocycles. The van der Waals surface area contributed by atoms with Crippen molar-refractivity contribution in [2.75, 3.05) is 10.6 Å².